The second-order valence-corrected chi connectivity index (χ2v) is 36.7. The molecule has 4 aliphatic carbocycles. The van der Waals surface area contributed by atoms with E-state index < -0.39 is 42.9 Å². The summed E-state index contributed by atoms with van der Waals surface area (Å²) in [6.07, 6.45) is 16.5. The summed E-state index contributed by atoms with van der Waals surface area (Å²) >= 11 is -3.96. The van der Waals surface area contributed by atoms with Gasteiger partial charge in [-0.2, -0.15) is 0 Å². The van der Waals surface area contributed by atoms with Gasteiger partial charge >= 0.3 is 283 Å². The van der Waals surface area contributed by atoms with Crippen LogP contribution in [-0.4, -0.2) is 0 Å². The van der Waals surface area contributed by atoms with E-state index in [-0.39, 0.29) is 24.8 Å². The molecule has 0 radical (unpaired) electrons. The second-order valence-electron chi connectivity index (χ2n) is 13.1. The molecule has 4 heteroatoms. The zero-order valence-electron chi connectivity index (χ0n) is 27.2. The second kappa shape index (κ2) is 15.6. The van der Waals surface area contributed by atoms with Crippen LogP contribution in [0.2, 0.25) is 7.35 Å². The average molecular weight is 975 g/mol. The number of rotatable bonds is 6. The molecule has 232 valence electrons. The average Bonchev–Trinajstić information content (AvgIpc) is 3.86. The molecule has 0 amide bonds. The van der Waals surface area contributed by atoms with Crippen LogP contribution in [0.1, 0.15) is 70.1 Å². The van der Waals surface area contributed by atoms with E-state index in [0.29, 0.717) is 7.35 Å². The van der Waals surface area contributed by atoms with Crippen LogP contribution in [0.5, 0.6) is 0 Å². The summed E-state index contributed by atoms with van der Waals surface area (Å²) < 4.78 is 6.72. The Balaban J connectivity index is 0.000000174. The minimum absolute atomic E-state index is 0. The van der Waals surface area contributed by atoms with Gasteiger partial charge in [-0.1, -0.05) is 0 Å². The van der Waals surface area contributed by atoms with E-state index >= 15 is 0 Å². The topological polar surface area (TPSA) is 0 Å². The fourth-order valence-electron chi connectivity index (χ4n) is 8.08. The zero-order valence-corrected chi connectivity index (χ0v) is 35.9. The van der Waals surface area contributed by atoms with E-state index in [4.69, 9.17) is 0 Å². The molecule has 0 nitrogen and oxygen atoms in total. The molecular weight excluding hydrogens is 932 g/mol. The zero-order chi connectivity index (χ0) is 30.2. The van der Waals surface area contributed by atoms with Gasteiger partial charge in [0.25, 0.3) is 0 Å². The van der Waals surface area contributed by atoms with Gasteiger partial charge in [-0.3, -0.25) is 0 Å². The van der Waals surface area contributed by atoms with Gasteiger partial charge in [-0.25, -0.2) is 0 Å². The third-order valence-corrected chi connectivity index (χ3v) is 35.7. The van der Waals surface area contributed by atoms with Crippen LogP contribution in [0.3, 0.4) is 0 Å². The number of fused-ring (bicyclic) bond motifs is 6. The van der Waals surface area contributed by atoms with Crippen molar-refractivity contribution in [1.82, 2.24) is 0 Å². The van der Waals surface area contributed by atoms with Crippen LogP contribution in [-0.2, 0) is 42.9 Å². The normalized spacial score (nSPS) is 15.2. The maximum Gasteiger partial charge on any atom is -1.00 e. The summed E-state index contributed by atoms with van der Waals surface area (Å²) in [5.41, 5.74) is 12.4. The van der Waals surface area contributed by atoms with E-state index in [9.17, 15) is 0 Å². The first-order chi connectivity index (χ1) is 21.5. The molecule has 46 heavy (non-hydrogen) atoms. The van der Waals surface area contributed by atoms with E-state index in [1.165, 1.54) is 35.1 Å². The molecule has 0 aliphatic heterocycles. The van der Waals surface area contributed by atoms with E-state index in [1.54, 1.807) is 28.9 Å². The van der Waals surface area contributed by atoms with Crippen molar-refractivity contribution in [3.8, 4) is 22.3 Å². The van der Waals surface area contributed by atoms with Crippen LogP contribution in [0.25, 0.3) is 22.3 Å². The fourth-order valence-corrected chi connectivity index (χ4v) is 33.9. The Labute approximate surface area is 304 Å². The maximum absolute atomic E-state index is 2.46. The number of hydrogen-bond donors (Lipinski definition) is 0. The molecule has 0 unspecified atom stereocenters. The Kier molecular flexibility index (Phi) is 12.0. The molecule has 4 aromatic carbocycles. The van der Waals surface area contributed by atoms with Crippen molar-refractivity contribution in [2.45, 2.75) is 55.2 Å². The third-order valence-electron chi connectivity index (χ3n) is 9.82. The standard InChI is InChI=1S/2C13H9.2C5H5.2C3H7.2ClH.2Hf/c2*1-3-7-12-10(5-1)9-11-6-2-4-8-13(11)12;2*1-2-4-5-3-1;2*1-3-2;;;;/h2*1-9H;2*1-3H,4H2;2*3H,1-2H3;2*1H;;/q;;;;;;;;2*+1/p-2. The quantitative estimate of drug-likeness (QED) is 0.205. The number of benzene rings is 4. The predicted octanol–water partition coefficient (Wildman–Crippen LogP) is 6.10. The molecule has 0 heterocycles. The number of hydrogen-bond acceptors (Lipinski definition) is 0. The summed E-state index contributed by atoms with van der Waals surface area (Å²) in [6.45, 7) is 9.85. The number of allylic oxidation sites excluding steroid dienone is 8. The molecule has 0 aromatic heterocycles. The molecule has 0 saturated heterocycles. The molecule has 0 saturated carbocycles. The van der Waals surface area contributed by atoms with Crippen molar-refractivity contribution < 1.29 is 67.7 Å². The van der Waals surface area contributed by atoms with E-state index in [1.807, 2.05) is 0 Å². The van der Waals surface area contributed by atoms with Crippen LogP contribution < -0.4 is 24.8 Å². The first kappa shape index (κ1) is 35.5. The molecule has 4 aliphatic rings. The smallest absolute Gasteiger partial charge is 1.00 e. The molecule has 4 aromatic rings. The monoisotopic (exact) mass is 976 g/mol. The summed E-state index contributed by atoms with van der Waals surface area (Å²) in [6, 6.07) is 36.5. The fraction of sp³-hybridized carbons (Fsp3) is 0.238. The van der Waals surface area contributed by atoms with Crippen molar-refractivity contribution in [1.29, 1.82) is 0 Å². The summed E-state index contributed by atoms with van der Waals surface area (Å²) in [4.78, 5) is 0. The SMILES string of the molecule is C[CH](C)[Hf+]([C]1=CC=CC1)[CH]1c2ccccc2-c2ccccc21.C[CH](C)[Hf+]([C]1=CC=CC1)[CH]1c2ccccc2-c2ccccc21.[Cl-].[Cl-]. The van der Waals surface area contributed by atoms with Crippen LogP contribution in [0.15, 0.2) is 140 Å². The van der Waals surface area contributed by atoms with Crippen molar-refractivity contribution in [3.05, 3.63) is 162 Å². The number of halogens is 2. The van der Waals surface area contributed by atoms with Crippen LogP contribution in [0, 0.1) is 0 Å². The van der Waals surface area contributed by atoms with Gasteiger partial charge in [-0.15, -0.1) is 0 Å². The third kappa shape index (κ3) is 6.58. The van der Waals surface area contributed by atoms with Crippen molar-refractivity contribution in [3.63, 3.8) is 0 Å². The molecule has 0 N–H and O–H groups in total. The van der Waals surface area contributed by atoms with Crippen LogP contribution in [0.4, 0.5) is 0 Å². The Morgan fingerprint density at radius 1 is 0.457 bits per heavy atom. The molecule has 0 fully saturated rings. The minimum atomic E-state index is -1.98. The summed E-state index contributed by atoms with van der Waals surface area (Å²) in [7, 11) is 0. The molecule has 0 atom stereocenters. The van der Waals surface area contributed by atoms with Gasteiger partial charge in [0.1, 0.15) is 0 Å². The Morgan fingerprint density at radius 3 is 0.978 bits per heavy atom. The van der Waals surface area contributed by atoms with Gasteiger partial charge in [0.05, 0.1) is 0 Å². The molecule has 0 spiro atoms. The van der Waals surface area contributed by atoms with Gasteiger partial charge in [0.15, 0.2) is 0 Å². The van der Waals surface area contributed by atoms with Gasteiger partial charge < -0.3 is 24.8 Å². The van der Waals surface area contributed by atoms with Crippen molar-refractivity contribution in [2.75, 3.05) is 0 Å². The van der Waals surface area contributed by atoms with Gasteiger partial charge in [0, 0.05) is 0 Å². The Morgan fingerprint density at radius 2 is 0.739 bits per heavy atom. The molecular formula is C42H42Cl2Hf2. The first-order valence-electron chi connectivity index (χ1n) is 16.4. The summed E-state index contributed by atoms with van der Waals surface area (Å²) in [5.74, 6) is 0. The van der Waals surface area contributed by atoms with Crippen LogP contribution >= 0.6 is 0 Å². The maximum atomic E-state index is 2.46. The largest absolute Gasteiger partial charge is 1.00 e. The first-order valence-corrected chi connectivity index (χ1v) is 28.3. The van der Waals surface area contributed by atoms with Crippen molar-refractivity contribution >= 4 is 0 Å². The molecule has 8 rings (SSSR count). The van der Waals surface area contributed by atoms with E-state index in [0.717, 1.165) is 7.35 Å². The van der Waals surface area contributed by atoms with Crippen molar-refractivity contribution in [2.24, 2.45) is 0 Å². The molecule has 0 bridgehead atoms. The van der Waals surface area contributed by atoms with Gasteiger partial charge in [-0.05, 0) is 0 Å². The summed E-state index contributed by atoms with van der Waals surface area (Å²) in [5, 5.41) is 0. The predicted molar refractivity (Wildman–Crippen MR) is 181 cm³/mol. The van der Waals surface area contributed by atoms with Gasteiger partial charge in [0.2, 0.25) is 0 Å². The Hall–Kier alpha value is -1.84. The van der Waals surface area contributed by atoms with E-state index in [2.05, 4.69) is 161 Å². The Bertz CT molecular complexity index is 1590. The minimum Gasteiger partial charge on any atom is -1.00 e.